The number of fused-ring (bicyclic) bond motifs is 1. The first-order valence-electron chi connectivity index (χ1n) is 14.7. The monoisotopic (exact) mass is 565 g/mol. The van der Waals surface area contributed by atoms with Gasteiger partial charge in [-0.3, -0.25) is 14.4 Å². The van der Waals surface area contributed by atoms with E-state index in [1.807, 2.05) is 24.3 Å². The van der Waals surface area contributed by atoms with Gasteiger partial charge >= 0.3 is 0 Å². The van der Waals surface area contributed by atoms with Gasteiger partial charge in [0.2, 0.25) is 5.91 Å². The van der Waals surface area contributed by atoms with E-state index in [4.69, 9.17) is 9.72 Å². The van der Waals surface area contributed by atoms with Crippen molar-refractivity contribution in [2.75, 3.05) is 51.3 Å². The van der Waals surface area contributed by atoms with Crippen LogP contribution in [0.2, 0.25) is 0 Å². The summed E-state index contributed by atoms with van der Waals surface area (Å²) in [7, 11) is 2.14. The van der Waals surface area contributed by atoms with Gasteiger partial charge in [0, 0.05) is 55.1 Å². The molecule has 1 aromatic heterocycles. The summed E-state index contributed by atoms with van der Waals surface area (Å²) in [6.07, 6.45) is 4.53. The number of carbonyl (C=O) groups excluding carboxylic acids is 3. The molecule has 1 aromatic carbocycles. The highest BCUT2D eigenvalue weighted by Crippen LogP contribution is 2.36. The average molecular weight is 566 g/mol. The third-order valence-electron chi connectivity index (χ3n) is 9.23. The van der Waals surface area contributed by atoms with E-state index in [-0.39, 0.29) is 42.1 Å². The fourth-order valence-electron chi connectivity index (χ4n) is 6.75. The molecule has 4 fully saturated rings. The smallest absolute Gasteiger partial charge is 0.251 e. The zero-order valence-electron chi connectivity index (χ0n) is 23.4. The number of hydrogen-bond donors (Lipinski definition) is 1. The maximum absolute atomic E-state index is 13.9. The third-order valence-corrected chi connectivity index (χ3v) is 10.1. The summed E-state index contributed by atoms with van der Waals surface area (Å²) in [6.45, 7) is 6.66. The van der Waals surface area contributed by atoms with E-state index < -0.39 is 12.1 Å². The minimum absolute atomic E-state index is 0.0285. The summed E-state index contributed by atoms with van der Waals surface area (Å²) in [6, 6.07) is 6.31. The van der Waals surface area contributed by atoms with Crippen molar-refractivity contribution in [2.24, 2.45) is 11.8 Å². The number of carbonyl (C=O) groups is 3. The number of Topliss-reactive ketones (excluding diaryl/α,β-unsaturated/α-hetero) is 1. The number of benzene rings is 1. The van der Waals surface area contributed by atoms with E-state index in [1.165, 1.54) is 0 Å². The van der Waals surface area contributed by atoms with Crippen molar-refractivity contribution in [3.8, 4) is 11.3 Å². The average Bonchev–Trinajstić information content (AvgIpc) is 3.78. The molecule has 10 heteroatoms. The second-order valence-corrected chi connectivity index (χ2v) is 12.6. The standard InChI is InChI=1S/C30H39N5O4S/c1-3-19-16-35(26-24(36)17-39-27(19)26)29(38)25(21-6-4-5-7-21)32-28(37)22-10-8-20(9-11-22)23-18-40-30(31-23)34-14-12-33(2)13-15-34/h8-11,18-19,21,25-27H,3-7,12-17H2,1-2H3,(H,32,37)/t19-,25-,26+,27+/m0/s1. The largest absolute Gasteiger partial charge is 0.367 e. The van der Waals surface area contributed by atoms with Crippen LogP contribution >= 0.6 is 11.3 Å². The van der Waals surface area contributed by atoms with Crippen LogP contribution in [0.4, 0.5) is 5.13 Å². The van der Waals surface area contributed by atoms with Crippen molar-refractivity contribution in [2.45, 2.75) is 57.2 Å². The number of rotatable bonds is 7. The van der Waals surface area contributed by atoms with E-state index >= 15 is 0 Å². The Balaban J connectivity index is 1.15. The summed E-state index contributed by atoms with van der Waals surface area (Å²) in [5, 5.41) is 6.18. The minimum Gasteiger partial charge on any atom is -0.367 e. The molecule has 4 atom stereocenters. The number of aromatic nitrogens is 1. The number of likely N-dealkylation sites (N-methyl/N-ethyl adjacent to an activating group) is 1. The highest BCUT2D eigenvalue weighted by Gasteiger charge is 2.53. The van der Waals surface area contributed by atoms with Gasteiger partial charge in [-0.1, -0.05) is 31.9 Å². The fraction of sp³-hybridized carbons (Fsp3) is 0.600. The van der Waals surface area contributed by atoms with Crippen molar-refractivity contribution in [1.82, 2.24) is 20.1 Å². The lowest BCUT2D eigenvalue weighted by Gasteiger charge is -2.32. The lowest BCUT2D eigenvalue weighted by Crippen LogP contribution is -2.54. The lowest BCUT2D eigenvalue weighted by molar-refractivity contribution is -0.139. The highest BCUT2D eigenvalue weighted by molar-refractivity contribution is 7.14. The molecule has 40 heavy (non-hydrogen) atoms. The van der Waals surface area contributed by atoms with E-state index in [0.717, 1.165) is 74.7 Å². The van der Waals surface area contributed by atoms with Crippen molar-refractivity contribution >= 4 is 34.1 Å². The number of nitrogens with one attached hydrogen (secondary N) is 1. The number of hydrogen-bond acceptors (Lipinski definition) is 8. The topological polar surface area (TPSA) is 95.1 Å². The fourth-order valence-corrected chi connectivity index (χ4v) is 7.64. The number of anilines is 1. The van der Waals surface area contributed by atoms with E-state index in [0.29, 0.717) is 12.1 Å². The molecule has 1 saturated carbocycles. The first-order valence-corrected chi connectivity index (χ1v) is 15.6. The second-order valence-electron chi connectivity index (χ2n) is 11.7. The number of thiazole rings is 1. The second kappa shape index (κ2) is 11.6. The Morgan fingerprint density at radius 1 is 1.12 bits per heavy atom. The first kappa shape index (κ1) is 27.4. The van der Waals surface area contributed by atoms with E-state index in [1.54, 1.807) is 16.2 Å². The molecule has 214 valence electrons. The van der Waals surface area contributed by atoms with Gasteiger partial charge in [0.15, 0.2) is 10.9 Å². The predicted octanol–water partition coefficient (Wildman–Crippen LogP) is 3.06. The molecule has 3 saturated heterocycles. The van der Waals surface area contributed by atoms with Gasteiger partial charge in [0.25, 0.3) is 5.91 Å². The molecule has 4 heterocycles. The molecular weight excluding hydrogens is 526 g/mol. The first-order chi connectivity index (χ1) is 19.4. The van der Waals surface area contributed by atoms with Crippen LogP contribution in [-0.4, -0.2) is 96.9 Å². The molecule has 9 nitrogen and oxygen atoms in total. The Bertz CT molecular complexity index is 1230. The van der Waals surface area contributed by atoms with Gasteiger partial charge in [-0.25, -0.2) is 4.98 Å². The lowest BCUT2D eigenvalue weighted by atomic mass is 9.95. The number of piperazine rings is 1. The van der Waals surface area contributed by atoms with Crippen LogP contribution in [0.3, 0.4) is 0 Å². The summed E-state index contributed by atoms with van der Waals surface area (Å²) in [5.41, 5.74) is 2.38. The van der Waals surface area contributed by atoms with Crippen LogP contribution in [0, 0.1) is 11.8 Å². The Kier molecular flexibility index (Phi) is 7.92. The highest BCUT2D eigenvalue weighted by atomic mass is 32.1. The Labute approximate surface area is 239 Å². The van der Waals surface area contributed by atoms with Crippen molar-refractivity contribution in [1.29, 1.82) is 0 Å². The van der Waals surface area contributed by atoms with Gasteiger partial charge in [0.1, 0.15) is 18.7 Å². The molecular formula is C30H39N5O4S. The number of ether oxygens (including phenoxy) is 1. The SMILES string of the molecule is CC[C@H]1CN(C(=O)[C@@H](NC(=O)c2ccc(-c3csc(N4CCN(C)CC4)n3)cc2)C2CCCC2)[C@@H]2C(=O)CO[C@H]12. The molecule has 6 rings (SSSR count). The van der Waals surface area contributed by atoms with Crippen molar-refractivity contribution in [3.05, 3.63) is 35.2 Å². The Morgan fingerprint density at radius 3 is 2.55 bits per heavy atom. The van der Waals surface area contributed by atoms with Crippen LogP contribution in [-0.2, 0) is 14.3 Å². The van der Waals surface area contributed by atoms with E-state index in [9.17, 15) is 14.4 Å². The van der Waals surface area contributed by atoms with Gasteiger partial charge in [0.05, 0.1) is 11.8 Å². The van der Waals surface area contributed by atoms with Crippen LogP contribution < -0.4 is 10.2 Å². The molecule has 1 aliphatic carbocycles. The van der Waals surface area contributed by atoms with Gasteiger partial charge in [-0.05, 0) is 44.4 Å². The summed E-state index contributed by atoms with van der Waals surface area (Å²) in [5.74, 6) is -0.199. The number of ketones is 1. The molecule has 0 unspecified atom stereocenters. The normalized spacial score (nSPS) is 26.4. The summed E-state index contributed by atoms with van der Waals surface area (Å²) in [4.78, 5) is 51.2. The quantitative estimate of drug-likeness (QED) is 0.552. The number of likely N-dealkylation sites (tertiary alicyclic amines) is 1. The van der Waals surface area contributed by atoms with Crippen LogP contribution in [0.25, 0.3) is 11.3 Å². The van der Waals surface area contributed by atoms with Gasteiger partial charge in [-0.2, -0.15) is 0 Å². The molecule has 1 N–H and O–H groups in total. The summed E-state index contributed by atoms with van der Waals surface area (Å²) < 4.78 is 5.78. The Morgan fingerprint density at radius 2 is 1.85 bits per heavy atom. The molecule has 4 aliphatic rings. The molecule has 0 spiro atoms. The van der Waals surface area contributed by atoms with E-state index in [2.05, 4.69) is 34.5 Å². The van der Waals surface area contributed by atoms with Crippen LogP contribution in [0.1, 0.15) is 49.4 Å². The number of nitrogens with zero attached hydrogens (tertiary/aromatic N) is 4. The maximum atomic E-state index is 13.9. The minimum atomic E-state index is -0.635. The van der Waals surface area contributed by atoms with Gasteiger partial charge in [-0.15, -0.1) is 11.3 Å². The van der Waals surface area contributed by atoms with Crippen molar-refractivity contribution < 1.29 is 19.1 Å². The molecule has 2 amide bonds. The summed E-state index contributed by atoms with van der Waals surface area (Å²) >= 11 is 1.65. The maximum Gasteiger partial charge on any atom is 0.251 e. The third kappa shape index (κ3) is 5.29. The van der Waals surface area contributed by atoms with Gasteiger partial charge < -0.3 is 24.8 Å². The van der Waals surface area contributed by atoms with Crippen LogP contribution in [0.5, 0.6) is 0 Å². The number of amides is 2. The molecule has 3 aliphatic heterocycles. The Hall–Kier alpha value is -2.82. The zero-order valence-corrected chi connectivity index (χ0v) is 24.2. The predicted molar refractivity (Wildman–Crippen MR) is 155 cm³/mol. The molecule has 2 aromatic rings. The van der Waals surface area contributed by atoms with Crippen molar-refractivity contribution in [3.63, 3.8) is 0 Å². The molecule has 0 radical (unpaired) electrons. The van der Waals surface area contributed by atoms with Crippen LogP contribution in [0.15, 0.2) is 29.6 Å². The zero-order chi connectivity index (χ0) is 27.8. The molecule has 0 bridgehead atoms.